The van der Waals surface area contributed by atoms with Gasteiger partial charge in [-0.25, -0.2) is 14.6 Å². The first kappa shape index (κ1) is 23.5. The topological polar surface area (TPSA) is 114 Å². The number of aryl methyl sites for hydroxylation is 1. The van der Waals surface area contributed by atoms with E-state index in [1.807, 2.05) is 40.9 Å². The molecular weight excluding hydrogens is 410 g/mol. The molecule has 0 radical (unpaired) electrons. The highest BCUT2D eigenvalue weighted by molar-refractivity contribution is 5.91. The van der Waals surface area contributed by atoms with Gasteiger partial charge in [-0.1, -0.05) is 0 Å². The second-order valence-corrected chi connectivity index (χ2v) is 9.02. The number of amides is 3. The molecule has 2 N–H and O–H groups in total. The van der Waals surface area contributed by atoms with E-state index in [1.54, 1.807) is 28.2 Å². The molecule has 32 heavy (non-hydrogen) atoms. The van der Waals surface area contributed by atoms with Crippen LogP contribution in [0.3, 0.4) is 0 Å². The predicted molar refractivity (Wildman–Crippen MR) is 121 cm³/mol. The quantitative estimate of drug-likeness (QED) is 0.733. The number of hydrogen-bond donors (Lipinski definition) is 2. The van der Waals surface area contributed by atoms with Crippen molar-refractivity contribution in [1.82, 2.24) is 30.4 Å². The molecule has 0 spiro atoms. The molecular formula is C22H33N7O3. The lowest BCUT2D eigenvalue weighted by atomic mass is 9.90. The molecule has 2 heterocycles. The average molecular weight is 444 g/mol. The van der Waals surface area contributed by atoms with Crippen molar-refractivity contribution >= 4 is 17.9 Å². The number of urea groups is 1. The molecule has 1 fully saturated rings. The first-order chi connectivity index (χ1) is 15.2. The van der Waals surface area contributed by atoms with Gasteiger partial charge in [0.15, 0.2) is 5.82 Å². The van der Waals surface area contributed by atoms with Gasteiger partial charge >= 0.3 is 12.1 Å². The number of anilines is 1. The van der Waals surface area contributed by atoms with E-state index in [4.69, 9.17) is 4.74 Å². The summed E-state index contributed by atoms with van der Waals surface area (Å²) >= 11 is 0. The van der Waals surface area contributed by atoms with Crippen molar-refractivity contribution in [3.8, 4) is 11.3 Å². The molecule has 0 bridgehead atoms. The molecule has 0 saturated heterocycles. The van der Waals surface area contributed by atoms with Crippen LogP contribution in [0.25, 0.3) is 11.3 Å². The van der Waals surface area contributed by atoms with Gasteiger partial charge in [-0.15, -0.1) is 0 Å². The van der Waals surface area contributed by atoms with Crippen molar-refractivity contribution in [2.45, 2.75) is 71.1 Å². The van der Waals surface area contributed by atoms with E-state index >= 15 is 0 Å². The Bertz CT molecular complexity index is 912. The van der Waals surface area contributed by atoms with Gasteiger partial charge in [0.25, 0.3) is 0 Å². The van der Waals surface area contributed by atoms with E-state index in [9.17, 15) is 9.59 Å². The van der Waals surface area contributed by atoms with Crippen LogP contribution in [0.15, 0.2) is 24.8 Å². The molecule has 10 nitrogen and oxygen atoms in total. The third-order valence-electron chi connectivity index (χ3n) is 5.22. The maximum atomic E-state index is 12.9. The van der Waals surface area contributed by atoms with Crippen LogP contribution in [-0.2, 0) is 11.8 Å². The van der Waals surface area contributed by atoms with Crippen molar-refractivity contribution in [3.05, 3.63) is 24.8 Å². The molecule has 1 aliphatic rings. The summed E-state index contributed by atoms with van der Waals surface area (Å²) in [5.41, 5.74) is 1.03. The number of aromatic nitrogens is 4. The third kappa shape index (κ3) is 6.18. The van der Waals surface area contributed by atoms with E-state index in [1.165, 1.54) is 0 Å². The number of rotatable bonds is 5. The number of alkyl carbamates (subject to hydrolysis) is 1. The summed E-state index contributed by atoms with van der Waals surface area (Å²) in [5, 5.41) is 9.98. The van der Waals surface area contributed by atoms with Crippen LogP contribution in [0, 0.1) is 0 Å². The molecule has 1 aliphatic carbocycles. The number of carbonyl (C=O) groups excluding carboxylic acids is 2. The van der Waals surface area contributed by atoms with Crippen molar-refractivity contribution in [1.29, 1.82) is 0 Å². The van der Waals surface area contributed by atoms with Gasteiger partial charge in [0.05, 0.1) is 24.3 Å². The zero-order valence-electron chi connectivity index (χ0n) is 19.5. The first-order valence-electron chi connectivity index (χ1n) is 11.0. The number of nitrogens with one attached hydrogen (secondary N) is 2. The van der Waals surface area contributed by atoms with Crippen molar-refractivity contribution < 1.29 is 14.3 Å². The highest BCUT2D eigenvalue weighted by atomic mass is 16.6. The Kier molecular flexibility index (Phi) is 7.32. The van der Waals surface area contributed by atoms with E-state index < -0.39 is 11.7 Å². The fraction of sp³-hybridized carbons (Fsp3) is 0.591. The Morgan fingerprint density at radius 3 is 2.41 bits per heavy atom. The monoisotopic (exact) mass is 443 g/mol. The third-order valence-corrected chi connectivity index (χ3v) is 5.22. The summed E-state index contributed by atoms with van der Waals surface area (Å²) in [6, 6.07) is -0.201. The predicted octanol–water partition coefficient (Wildman–Crippen LogP) is 3.25. The van der Waals surface area contributed by atoms with Crippen LogP contribution in [0.5, 0.6) is 0 Å². The van der Waals surface area contributed by atoms with Crippen molar-refractivity contribution in [3.63, 3.8) is 0 Å². The Balaban J connectivity index is 1.68. The van der Waals surface area contributed by atoms with Crippen LogP contribution in [-0.4, -0.2) is 56.1 Å². The molecule has 3 rings (SSSR count). The van der Waals surface area contributed by atoms with Gasteiger partial charge in [0.2, 0.25) is 0 Å². The molecule has 0 unspecified atom stereocenters. The van der Waals surface area contributed by atoms with Crippen LogP contribution in [0.4, 0.5) is 15.4 Å². The second-order valence-electron chi connectivity index (χ2n) is 9.02. The molecule has 10 heteroatoms. The van der Waals surface area contributed by atoms with Crippen LogP contribution in [0.1, 0.15) is 53.4 Å². The molecule has 2 aromatic heterocycles. The van der Waals surface area contributed by atoms with Crippen molar-refractivity contribution in [2.75, 3.05) is 11.4 Å². The second kappa shape index (κ2) is 9.97. The minimum absolute atomic E-state index is 0.0243. The van der Waals surface area contributed by atoms with Gasteiger partial charge in [0.1, 0.15) is 5.60 Å². The number of hydrogen-bond acceptors (Lipinski definition) is 6. The number of carbonyl (C=O) groups is 2. The SMILES string of the molecule is CCNC(=O)N(c1cnc(-c2cnn(C)c2)cn1)C1CCC(NC(=O)OC(C)(C)C)CC1. The van der Waals surface area contributed by atoms with Crippen LogP contribution < -0.4 is 15.5 Å². The zero-order valence-corrected chi connectivity index (χ0v) is 19.5. The Morgan fingerprint density at radius 2 is 1.88 bits per heavy atom. The van der Waals surface area contributed by atoms with Gasteiger partial charge in [-0.3, -0.25) is 14.6 Å². The summed E-state index contributed by atoms with van der Waals surface area (Å²) in [6.07, 6.45) is 9.46. The molecule has 0 atom stereocenters. The smallest absolute Gasteiger partial charge is 0.407 e. The highest BCUT2D eigenvalue weighted by Gasteiger charge is 2.32. The van der Waals surface area contributed by atoms with E-state index in [-0.39, 0.29) is 18.1 Å². The van der Waals surface area contributed by atoms with Gasteiger partial charge in [-0.2, -0.15) is 5.10 Å². The van der Waals surface area contributed by atoms with E-state index in [2.05, 4.69) is 25.7 Å². The highest BCUT2D eigenvalue weighted by Crippen LogP contribution is 2.27. The maximum absolute atomic E-state index is 12.9. The summed E-state index contributed by atoms with van der Waals surface area (Å²) in [5.74, 6) is 0.507. The summed E-state index contributed by atoms with van der Waals surface area (Å²) < 4.78 is 7.06. The normalized spacial score (nSPS) is 18.7. The molecule has 0 aliphatic heterocycles. The minimum atomic E-state index is -0.531. The zero-order chi connectivity index (χ0) is 23.3. The fourth-order valence-electron chi connectivity index (χ4n) is 3.79. The molecule has 1 saturated carbocycles. The van der Waals surface area contributed by atoms with Crippen molar-refractivity contribution in [2.24, 2.45) is 7.05 Å². The molecule has 2 aromatic rings. The number of nitrogens with zero attached hydrogens (tertiary/aromatic N) is 5. The average Bonchev–Trinajstić information content (AvgIpc) is 3.15. The maximum Gasteiger partial charge on any atom is 0.407 e. The van der Waals surface area contributed by atoms with Gasteiger partial charge in [-0.05, 0) is 53.4 Å². The van der Waals surface area contributed by atoms with Gasteiger partial charge in [0, 0.05) is 37.4 Å². The number of ether oxygens (including phenoxy) is 1. The molecule has 0 aromatic carbocycles. The lowest BCUT2D eigenvalue weighted by Crippen LogP contribution is -2.50. The summed E-state index contributed by atoms with van der Waals surface area (Å²) in [7, 11) is 1.84. The van der Waals surface area contributed by atoms with Crippen LogP contribution in [0.2, 0.25) is 0 Å². The Labute approximate surface area is 188 Å². The lowest BCUT2D eigenvalue weighted by Gasteiger charge is -2.36. The largest absolute Gasteiger partial charge is 0.444 e. The lowest BCUT2D eigenvalue weighted by molar-refractivity contribution is 0.0491. The minimum Gasteiger partial charge on any atom is -0.444 e. The fourth-order valence-corrected chi connectivity index (χ4v) is 3.79. The standard InChI is InChI=1S/C22H33N7O3/c1-6-23-20(30)29(19-13-24-18(12-25-19)15-11-26-28(5)14-15)17-9-7-16(8-10-17)27-21(31)32-22(2,3)4/h11-14,16-17H,6-10H2,1-5H3,(H,23,30)(H,27,31). The summed E-state index contributed by atoms with van der Waals surface area (Å²) in [4.78, 5) is 35.6. The van der Waals surface area contributed by atoms with E-state index in [0.29, 0.717) is 18.1 Å². The molecule has 174 valence electrons. The summed E-state index contributed by atoms with van der Waals surface area (Å²) in [6.45, 7) is 7.93. The van der Waals surface area contributed by atoms with Crippen LogP contribution >= 0.6 is 0 Å². The first-order valence-corrected chi connectivity index (χ1v) is 11.0. The molecule has 3 amide bonds. The van der Waals surface area contributed by atoms with Gasteiger partial charge < -0.3 is 15.4 Å². The Morgan fingerprint density at radius 1 is 1.16 bits per heavy atom. The Hall–Kier alpha value is -3.17. The van der Waals surface area contributed by atoms with E-state index in [0.717, 1.165) is 31.2 Å².